The second-order valence-electron chi connectivity index (χ2n) is 3.47. The lowest BCUT2D eigenvalue weighted by atomic mass is 9.79. The summed E-state index contributed by atoms with van der Waals surface area (Å²) in [6.45, 7) is 0. The first kappa shape index (κ1) is 10.6. The van der Waals surface area contributed by atoms with Gasteiger partial charge in [-0.25, -0.2) is 8.42 Å². The first-order chi connectivity index (χ1) is 6.92. The van der Waals surface area contributed by atoms with Crippen LogP contribution in [-0.2, 0) is 9.84 Å². The zero-order valence-electron chi connectivity index (χ0n) is 7.66. The Labute approximate surface area is 87.1 Å². The van der Waals surface area contributed by atoms with Crippen molar-refractivity contribution in [2.75, 3.05) is 5.75 Å². The third-order valence-corrected chi connectivity index (χ3v) is 4.20. The molecule has 2 rings (SSSR count). The molecule has 80 valence electrons. The predicted octanol–water partition coefficient (Wildman–Crippen LogP) is -1.81. The maximum absolute atomic E-state index is 11.5. The van der Waals surface area contributed by atoms with Crippen LogP contribution >= 0.6 is 0 Å². The van der Waals surface area contributed by atoms with Crippen LogP contribution in [0.1, 0.15) is 11.7 Å². The molecule has 0 saturated heterocycles. The zero-order valence-corrected chi connectivity index (χ0v) is 8.48. The molecule has 1 aliphatic rings. The average molecular weight is 228 g/mol. The Morgan fingerprint density at radius 2 is 2.00 bits per heavy atom. The highest BCUT2D eigenvalue weighted by molar-refractivity contribution is 7.91. The molecule has 7 heteroatoms. The lowest BCUT2D eigenvalue weighted by Gasteiger charge is -2.04. The summed E-state index contributed by atoms with van der Waals surface area (Å²) in [5.74, 6) is -0.340. The van der Waals surface area contributed by atoms with Gasteiger partial charge in [-0.1, -0.05) is 12.1 Å². The zero-order chi connectivity index (χ0) is 11.2. The minimum absolute atomic E-state index is 0.0689. The SMILES string of the molecule is O=S1(=O)CC(O)c2cc(B(O)O)ccc21. The van der Waals surface area contributed by atoms with Crippen molar-refractivity contribution in [3.05, 3.63) is 23.8 Å². The fourth-order valence-electron chi connectivity index (χ4n) is 1.66. The summed E-state index contributed by atoms with van der Waals surface area (Å²) >= 11 is 0. The van der Waals surface area contributed by atoms with Crippen LogP contribution < -0.4 is 5.46 Å². The molecule has 15 heavy (non-hydrogen) atoms. The highest BCUT2D eigenvalue weighted by Crippen LogP contribution is 2.32. The molecule has 1 aromatic rings. The van der Waals surface area contributed by atoms with E-state index in [0.29, 0.717) is 0 Å². The topological polar surface area (TPSA) is 94.8 Å². The Morgan fingerprint density at radius 3 is 2.60 bits per heavy atom. The molecule has 0 fully saturated rings. The molecule has 1 heterocycles. The molecule has 0 radical (unpaired) electrons. The van der Waals surface area contributed by atoms with Crippen molar-refractivity contribution < 1.29 is 23.6 Å². The van der Waals surface area contributed by atoms with E-state index in [-0.39, 0.29) is 21.7 Å². The number of hydrogen-bond donors (Lipinski definition) is 3. The van der Waals surface area contributed by atoms with Crippen LogP contribution in [0.3, 0.4) is 0 Å². The number of hydrogen-bond acceptors (Lipinski definition) is 5. The first-order valence-electron chi connectivity index (χ1n) is 4.32. The van der Waals surface area contributed by atoms with Crippen molar-refractivity contribution in [2.24, 2.45) is 0 Å². The first-order valence-corrected chi connectivity index (χ1v) is 5.98. The molecule has 0 aromatic heterocycles. The quantitative estimate of drug-likeness (QED) is 0.492. The van der Waals surface area contributed by atoms with Crippen LogP contribution in [0.25, 0.3) is 0 Å². The minimum atomic E-state index is -3.41. The Bertz CT molecular complexity index is 496. The second kappa shape index (κ2) is 3.31. The van der Waals surface area contributed by atoms with Crippen molar-refractivity contribution in [1.29, 1.82) is 0 Å². The van der Waals surface area contributed by atoms with Gasteiger partial charge in [0.1, 0.15) is 0 Å². The number of aliphatic hydroxyl groups is 1. The fraction of sp³-hybridized carbons (Fsp3) is 0.250. The highest BCUT2D eigenvalue weighted by atomic mass is 32.2. The average Bonchev–Trinajstić information content (AvgIpc) is 2.37. The smallest absolute Gasteiger partial charge is 0.423 e. The second-order valence-corrected chi connectivity index (χ2v) is 5.47. The normalized spacial score (nSPS) is 22.5. The van der Waals surface area contributed by atoms with Gasteiger partial charge in [0.25, 0.3) is 0 Å². The van der Waals surface area contributed by atoms with Gasteiger partial charge in [0.2, 0.25) is 0 Å². The molecule has 1 aromatic carbocycles. The van der Waals surface area contributed by atoms with Crippen LogP contribution in [-0.4, -0.2) is 36.4 Å². The minimum Gasteiger partial charge on any atom is -0.423 e. The molecule has 0 spiro atoms. The van der Waals surface area contributed by atoms with Gasteiger partial charge < -0.3 is 15.2 Å². The number of fused-ring (bicyclic) bond motifs is 1. The third kappa shape index (κ3) is 1.67. The van der Waals surface area contributed by atoms with Crippen molar-refractivity contribution in [3.63, 3.8) is 0 Å². The summed E-state index contributed by atoms with van der Waals surface area (Å²) in [6, 6.07) is 3.91. The van der Waals surface area contributed by atoms with E-state index in [4.69, 9.17) is 10.0 Å². The predicted molar refractivity (Wildman–Crippen MR) is 53.3 cm³/mol. The Kier molecular flexibility index (Phi) is 2.35. The molecule has 3 N–H and O–H groups in total. The molecule has 0 amide bonds. The van der Waals surface area contributed by atoms with Gasteiger partial charge in [-0.2, -0.15) is 0 Å². The number of sulfone groups is 1. The molecule has 0 saturated carbocycles. The monoisotopic (exact) mass is 228 g/mol. The van der Waals surface area contributed by atoms with Gasteiger partial charge in [-0.15, -0.1) is 0 Å². The lowest BCUT2D eigenvalue weighted by Crippen LogP contribution is -2.30. The van der Waals surface area contributed by atoms with Crippen LogP contribution in [0.4, 0.5) is 0 Å². The molecular formula is C8H9BO5S. The van der Waals surface area contributed by atoms with Crippen molar-refractivity contribution in [3.8, 4) is 0 Å². The molecule has 0 bridgehead atoms. The van der Waals surface area contributed by atoms with Crippen LogP contribution in [0.2, 0.25) is 0 Å². The van der Waals surface area contributed by atoms with E-state index in [1.54, 1.807) is 0 Å². The number of aliphatic hydroxyl groups excluding tert-OH is 1. The fourth-order valence-corrected chi connectivity index (χ4v) is 3.26. The van der Waals surface area contributed by atoms with Crippen molar-refractivity contribution >= 4 is 22.4 Å². The van der Waals surface area contributed by atoms with Gasteiger partial charge in [0.15, 0.2) is 9.84 Å². The van der Waals surface area contributed by atoms with E-state index in [0.717, 1.165) is 0 Å². The van der Waals surface area contributed by atoms with Gasteiger partial charge in [0, 0.05) is 0 Å². The van der Waals surface area contributed by atoms with Crippen LogP contribution in [0.5, 0.6) is 0 Å². The van der Waals surface area contributed by atoms with Crippen LogP contribution in [0, 0.1) is 0 Å². The van der Waals surface area contributed by atoms with Crippen LogP contribution in [0.15, 0.2) is 23.1 Å². The lowest BCUT2D eigenvalue weighted by molar-refractivity contribution is 0.204. The molecule has 0 aliphatic carbocycles. The number of rotatable bonds is 1. The van der Waals surface area contributed by atoms with E-state index >= 15 is 0 Å². The number of benzene rings is 1. The van der Waals surface area contributed by atoms with Gasteiger partial charge in [-0.05, 0) is 17.1 Å². The Hall–Kier alpha value is -0.885. The van der Waals surface area contributed by atoms with E-state index in [2.05, 4.69) is 0 Å². The van der Waals surface area contributed by atoms with E-state index < -0.39 is 23.1 Å². The molecule has 1 unspecified atom stereocenters. The third-order valence-electron chi connectivity index (χ3n) is 2.40. The molecule has 5 nitrogen and oxygen atoms in total. The van der Waals surface area contributed by atoms with E-state index in [1.165, 1.54) is 18.2 Å². The highest BCUT2D eigenvalue weighted by Gasteiger charge is 2.34. The summed E-state index contributed by atoms with van der Waals surface area (Å²) in [6.07, 6.45) is -1.08. The van der Waals surface area contributed by atoms with Gasteiger partial charge in [-0.3, -0.25) is 0 Å². The molecule has 1 aliphatic heterocycles. The standard InChI is InChI=1S/C8H9BO5S/c10-7-4-15(13,14)8-2-1-5(9(11)12)3-6(7)8/h1-3,7,10-12H,4H2. The van der Waals surface area contributed by atoms with E-state index in [9.17, 15) is 13.5 Å². The van der Waals surface area contributed by atoms with Crippen molar-refractivity contribution in [1.82, 2.24) is 0 Å². The summed E-state index contributed by atoms with van der Waals surface area (Å²) in [5, 5.41) is 27.3. The largest absolute Gasteiger partial charge is 0.488 e. The molecule has 1 atom stereocenters. The molecular weight excluding hydrogens is 219 g/mol. The Balaban J connectivity index is 2.61. The van der Waals surface area contributed by atoms with Gasteiger partial charge in [0.05, 0.1) is 16.8 Å². The summed E-state index contributed by atoms with van der Waals surface area (Å²) in [5.41, 5.74) is 0.408. The van der Waals surface area contributed by atoms with Crippen molar-refractivity contribution in [2.45, 2.75) is 11.0 Å². The maximum Gasteiger partial charge on any atom is 0.488 e. The summed E-state index contributed by atoms with van der Waals surface area (Å²) < 4.78 is 22.9. The summed E-state index contributed by atoms with van der Waals surface area (Å²) in [7, 11) is -5.07. The Morgan fingerprint density at radius 1 is 1.33 bits per heavy atom. The van der Waals surface area contributed by atoms with Gasteiger partial charge >= 0.3 is 7.12 Å². The summed E-state index contributed by atoms with van der Waals surface area (Å²) in [4.78, 5) is 0.0689. The van der Waals surface area contributed by atoms with E-state index in [1.807, 2.05) is 0 Å². The maximum atomic E-state index is 11.5.